The molecule has 1 atom stereocenters. The van der Waals surface area contributed by atoms with Gasteiger partial charge in [-0.25, -0.2) is 4.98 Å². The largest absolute Gasteiger partial charge is 0.442 e. The fraction of sp³-hybridized carbons (Fsp3) is 0.429. The van der Waals surface area contributed by atoms with E-state index >= 15 is 0 Å². The molecule has 0 fully saturated rings. The summed E-state index contributed by atoms with van der Waals surface area (Å²) in [4.78, 5) is 18.9. The van der Waals surface area contributed by atoms with Crippen molar-refractivity contribution in [1.29, 1.82) is 0 Å². The smallest absolute Gasteiger partial charge is 0.228 e. The third-order valence-electron chi connectivity index (χ3n) is 4.66. The monoisotopic (exact) mass is 354 g/mol. The maximum atomic E-state index is 12.4. The van der Waals surface area contributed by atoms with Gasteiger partial charge in [-0.05, 0) is 25.3 Å². The van der Waals surface area contributed by atoms with Gasteiger partial charge >= 0.3 is 0 Å². The third kappa shape index (κ3) is 4.22. The van der Waals surface area contributed by atoms with Gasteiger partial charge in [0, 0.05) is 26.5 Å². The lowest BCUT2D eigenvalue weighted by Gasteiger charge is -2.25. The van der Waals surface area contributed by atoms with Gasteiger partial charge in [0.2, 0.25) is 11.8 Å². The number of carbonyl (C=O) groups excluding carboxylic acids is 1. The fourth-order valence-electron chi connectivity index (χ4n) is 3.25. The first kappa shape index (κ1) is 18.4. The van der Waals surface area contributed by atoms with Crippen LogP contribution in [0.4, 0.5) is 0 Å². The maximum absolute atomic E-state index is 12.4. The number of nitrogens with zero attached hydrogens (tertiary/aromatic N) is 2. The lowest BCUT2D eigenvalue weighted by atomic mass is 10.1. The third-order valence-corrected chi connectivity index (χ3v) is 4.66. The second kappa shape index (κ2) is 8.81. The second-order valence-electron chi connectivity index (χ2n) is 6.47. The zero-order chi connectivity index (χ0) is 18.4. The molecular weight excluding hydrogens is 328 g/mol. The standard InChI is InChI=1S/C21H26N2O3/c1-3-4-5-9-12-19(24)23-14-13-18-17(15-23)22-21(26-18)20(25-2)16-10-7-6-8-11-16/h3-4,6-8,10-11,20H,5,9,12-15H2,1-2H3/b4-3+. The maximum Gasteiger partial charge on any atom is 0.228 e. The lowest BCUT2D eigenvalue weighted by molar-refractivity contribution is -0.132. The molecule has 2 aromatic rings. The Kier molecular flexibility index (Phi) is 6.23. The van der Waals surface area contributed by atoms with E-state index < -0.39 is 0 Å². The van der Waals surface area contributed by atoms with Gasteiger partial charge in [-0.3, -0.25) is 4.79 Å². The Morgan fingerprint density at radius 1 is 1.38 bits per heavy atom. The molecule has 26 heavy (non-hydrogen) atoms. The summed E-state index contributed by atoms with van der Waals surface area (Å²) in [5.41, 5.74) is 1.86. The second-order valence-corrected chi connectivity index (χ2v) is 6.47. The summed E-state index contributed by atoms with van der Waals surface area (Å²) in [6, 6.07) is 9.91. The van der Waals surface area contributed by atoms with Gasteiger partial charge in [0.15, 0.2) is 6.10 Å². The van der Waals surface area contributed by atoms with E-state index in [4.69, 9.17) is 9.15 Å². The normalized spacial score (nSPS) is 15.2. The van der Waals surface area contributed by atoms with E-state index in [2.05, 4.69) is 11.1 Å². The Labute approximate surface area is 154 Å². The molecule has 0 bridgehead atoms. The molecule has 0 aliphatic carbocycles. The number of fused-ring (bicyclic) bond motifs is 1. The Hall–Kier alpha value is -2.40. The topological polar surface area (TPSA) is 55.6 Å². The van der Waals surface area contributed by atoms with Crippen LogP contribution in [0.2, 0.25) is 0 Å². The number of carbonyl (C=O) groups is 1. The summed E-state index contributed by atoms with van der Waals surface area (Å²) in [7, 11) is 1.65. The molecule has 1 aromatic heterocycles. The number of amides is 1. The molecule has 0 saturated heterocycles. The van der Waals surface area contributed by atoms with Gasteiger partial charge in [-0.2, -0.15) is 0 Å². The van der Waals surface area contributed by atoms with Crippen LogP contribution in [0.5, 0.6) is 0 Å². The van der Waals surface area contributed by atoms with Crippen molar-refractivity contribution in [3.8, 4) is 0 Å². The molecule has 1 aromatic carbocycles. The van der Waals surface area contributed by atoms with Gasteiger partial charge in [0.25, 0.3) is 0 Å². The number of ether oxygens (including phenoxy) is 1. The number of aromatic nitrogens is 1. The predicted molar refractivity (Wildman–Crippen MR) is 99.6 cm³/mol. The van der Waals surface area contributed by atoms with Crippen molar-refractivity contribution < 1.29 is 13.9 Å². The van der Waals surface area contributed by atoms with Crippen molar-refractivity contribution in [2.45, 2.75) is 45.3 Å². The Morgan fingerprint density at radius 3 is 2.92 bits per heavy atom. The predicted octanol–water partition coefficient (Wildman–Crippen LogP) is 4.04. The van der Waals surface area contributed by atoms with Crippen LogP contribution in [-0.4, -0.2) is 29.4 Å². The first-order valence-electron chi connectivity index (χ1n) is 9.18. The quantitative estimate of drug-likeness (QED) is 0.556. The summed E-state index contributed by atoms with van der Waals surface area (Å²) < 4.78 is 11.6. The highest BCUT2D eigenvalue weighted by molar-refractivity contribution is 5.76. The van der Waals surface area contributed by atoms with E-state index in [-0.39, 0.29) is 12.0 Å². The van der Waals surface area contributed by atoms with Crippen molar-refractivity contribution in [1.82, 2.24) is 9.88 Å². The van der Waals surface area contributed by atoms with Crippen LogP contribution in [0.3, 0.4) is 0 Å². The van der Waals surface area contributed by atoms with Crippen molar-refractivity contribution in [2.75, 3.05) is 13.7 Å². The molecule has 1 unspecified atom stereocenters. The molecule has 5 nitrogen and oxygen atoms in total. The molecule has 3 rings (SSSR count). The highest BCUT2D eigenvalue weighted by atomic mass is 16.5. The summed E-state index contributed by atoms with van der Waals surface area (Å²) in [6.07, 6.45) is 6.90. The van der Waals surface area contributed by atoms with Crippen LogP contribution >= 0.6 is 0 Å². The minimum Gasteiger partial charge on any atom is -0.442 e. The minimum absolute atomic E-state index is 0.191. The Balaban J connectivity index is 1.67. The Bertz CT molecular complexity index is 752. The van der Waals surface area contributed by atoms with Crippen molar-refractivity contribution in [3.63, 3.8) is 0 Å². The van der Waals surface area contributed by atoms with Gasteiger partial charge < -0.3 is 14.1 Å². The number of unbranched alkanes of at least 4 members (excludes halogenated alkanes) is 1. The number of allylic oxidation sites excluding steroid dienone is 2. The molecule has 5 heteroatoms. The zero-order valence-electron chi connectivity index (χ0n) is 15.5. The van der Waals surface area contributed by atoms with E-state index in [1.54, 1.807) is 7.11 Å². The van der Waals surface area contributed by atoms with Crippen LogP contribution in [0.15, 0.2) is 46.9 Å². The van der Waals surface area contributed by atoms with Crippen LogP contribution in [0.25, 0.3) is 0 Å². The molecule has 1 aliphatic rings. The molecule has 0 saturated carbocycles. The summed E-state index contributed by atoms with van der Waals surface area (Å²) >= 11 is 0. The lowest BCUT2D eigenvalue weighted by Crippen LogP contribution is -2.35. The van der Waals surface area contributed by atoms with Crippen LogP contribution < -0.4 is 0 Å². The number of benzene rings is 1. The summed E-state index contributed by atoms with van der Waals surface area (Å²) in [5.74, 6) is 1.62. The molecule has 0 N–H and O–H groups in total. The SMILES string of the molecule is C/C=C/CCCC(=O)N1CCc2oc(C(OC)c3ccccc3)nc2C1. The van der Waals surface area contributed by atoms with Gasteiger partial charge in [-0.1, -0.05) is 42.5 Å². The molecule has 138 valence electrons. The average Bonchev–Trinajstić information content (AvgIpc) is 3.09. The minimum atomic E-state index is -0.327. The van der Waals surface area contributed by atoms with E-state index in [1.807, 2.05) is 48.2 Å². The zero-order valence-corrected chi connectivity index (χ0v) is 15.5. The number of oxazole rings is 1. The number of methoxy groups -OCH3 is 1. The highest BCUT2D eigenvalue weighted by Gasteiger charge is 2.28. The first-order chi connectivity index (χ1) is 12.7. The average molecular weight is 354 g/mol. The number of hydrogen-bond donors (Lipinski definition) is 0. The van der Waals surface area contributed by atoms with E-state index in [0.717, 1.165) is 29.9 Å². The van der Waals surface area contributed by atoms with Gasteiger partial charge in [0.05, 0.1) is 6.54 Å². The van der Waals surface area contributed by atoms with Crippen molar-refractivity contribution in [3.05, 3.63) is 65.4 Å². The van der Waals surface area contributed by atoms with Crippen LogP contribution in [0, 0.1) is 0 Å². The Morgan fingerprint density at radius 2 is 2.19 bits per heavy atom. The van der Waals surface area contributed by atoms with Gasteiger partial charge in [-0.15, -0.1) is 0 Å². The molecular formula is C21H26N2O3. The van der Waals surface area contributed by atoms with E-state index in [0.29, 0.717) is 31.8 Å². The highest BCUT2D eigenvalue weighted by Crippen LogP contribution is 2.29. The summed E-state index contributed by atoms with van der Waals surface area (Å²) in [5, 5.41) is 0. The van der Waals surface area contributed by atoms with Crippen LogP contribution in [-0.2, 0) is 22.5 Å². The first-order valence-corrected chi connectivity index (χ1v) is 9.18. The molecule has 0 radical (unpaired) electrons. The molecule has 1 aliphatic heterocycles. The van der Waals surface area contributed by atoms with Crippen molar-refractivity contribution in [2.24, 2.45) is 0 Å². The van der Waals surface area contributed by atoms with E-state index in [9.17, 15) is 4.79 Å². The summed E-state index contributed by atoms with van der Waals surface area (Å²) in [6.45, 7) is 3.21. The van der Waals surface area contributed by atoms with Gasteiger partial charge in [0.1, 0.15) is 11.5 Å². The number of hydrogen-bond acceptors (Lipinski definition) is 4. The van der Waals surface area contributed by atoms with Crippen LogP contribution in [0.1, 0.15) is 55.2 Å². The molecule has 2 heterocycles. The number of rotatable bonds is 7. The van der Waals surface area contributed by atoms with Crippen molar-refractivity contribution >= 4 is 5.91 Å². The molecule has 1 amide bonds. The van der Waals surface area contributed by atoms with E-state index in [1.165, 1.54) is 0 Å². The molecule has 0 spiro atoms. The fourth-order valence-corrected chi connectivity index (χ4v) is 3.25.